The van der Waals surface area contributed by atoms with Crippen LogP contribution in [0.1, 0.15) is 34.8 Å². The molecule has 0 aromatic rings. The average Bonchev–Trinajstić information content (AvgIpc) is 3.01. The molecule has 0 bridgehead atoms. The molecule has 3 N–H and O–H groups in total. The van der Waals surface area contributed by atoms with E-state index >= 15 is 0 Å². The van der Waals surface area contributed by atoms with E-state index in [1.165, 1.54) is 0 Å². The van der Waals surface area contributed by atoms with Gasteiger partial charge in [-0.2, -0.15) is 0 Å². The Balaban J connectivity index is 1.79. The van der Waals surface area contributed by atoms with E-state index in [-0.39, 0.29) is 28.0 Å². The second kappa shape index (κ2) is 7.56. The van der Waals surface area contributed by atoms with Gasteiger partial charge < -0.3 is 15.3 Å². The third-order valence-electron chi connectivity index (χ3n) is 6.66. The van der Waals surface area contributed by atoms with Crippen molar-refractivity contribution in [3.63, 3.8) is 0 Å². The van der Waals surface area contributed by atoms with Gasteiger partial charge in [0.15, 0.2) is 0 Å². The number of fused-ring (bicyclic) bond motifs is 1. The van der Waals surface area contributed by atoms with E-state index < -0.39 is 17.7 Å². The van der Waals surface area contributed by atoms with E-state index in [4.69, 9.17) is 0 Å². The van der Waals surface area contributed by atoms with E-state index in [0.29, 0.717) is 51.0 Å². The molecule has 0 aromatic carbocycles. The number of aromatic carboxylic acids is 1. The monoisotopic (exact) mass is 452 g/mol. The molecule has 6 heteroatoms. The molecule has 0 unspecified atom stereocenters. The summed E-state index contributed by atoms with van der Waals surface area (Å²) < 4.78 is 0. The molecule has 6 nitrogen and oxygen atoms in total. The van der Waals surface area contributed by atoms with Gasteiger partial charge in [0.1, 0.15) is 5.76 Å². The third kappa shape index (κ3) is 2.78. The molecule has 34 heavy (non-hydrogen) atoms. The fourth-order valence-electron chi connectivity index (χ4n) is 5.24. The zero-order chi connectivity index (χ0) is 24.3. The lowest BCUT2D eigenvalue weighted by atomic mass is 9.77. The number of carboxylic acid groups (broad SMARTS) is 2. The van der Waals surface area contributed by atoms with Gasteiger partial charge in [0.05, 0.1) is 22.3 Å². The van der Waals surface area contributed by atoms with Crippen molar-refractivity contribution in [2.75, 3.05) is 0 Å². The molecule has 0 saturated heterocycles. The number of allylic oxidation sites excluding steroid dienone is 9. The van der Waals surface area contributed by atoms with E-state index in [1.807, 2.05) is 12.2 Å². The van der Waals surface area contributed by atoms with Crippen molar-refractivity contribution in [2.45, 2.75) is 20.3 Å². The van der Waals surface area contributed by atoms with Crippen LogP contribution in [0.2, 0.25) is 0 Å². The molecular formula is C28H20O6. The summed E-state index contributed by atoms with van der Waals surface area (Å²) in [4.78, 5) is 37.5. The van der Waals surface area contributed by atoms with Crippen LogP contribution >= 0.6 is 0 Å². The average molecular weight is 452 g/mol. The smallest absolute Gasteiger partial charge is 0.336 e. The van der Waals surface area contributed by atoms with E-state index in [2.05, 4.69) is 0 Å². The largest absolute Gasteiger partial charge is 0.506 e. The summed E-state index contributed by atoms with van der Waals surface area (Å²) in [5, 5.41) is 30.8. The van der Waals surface area contributed by atoms with Crippen LogP contribution in [0.4, 0.5) is 0 Å². The zero-order valence-electron chi connectivity index (χ0n) is 18.5. The first kappa shape index (κ1) is 21.4. The number of hydrogen-bond acceptors (Lipinski definition) is 4. The van der Waals surface area contributed by atoms with Crippen molar-refractivity contribution in [2.24, 2.45) is 0 Å². The number of aliphatic carboxylic acids is 1. The quantitative estimate of drug-likeness (QED) is 0.554. The first-order valence-electron chi connectivity index (χ1n) is 10.7. The number of carboxylic acids is 2. The minimum Gasteiger partial charge on any atom is -0.506 e. The Morgan fingerprint density at radius 2 is 1.59 bits per heavy atom. The van der Waals surface area contributed by atoms with Crippen molar-refractivity contribution < 1.29 is 29.7 Å². The lowest BCUT2D eigenvalue weighted by Crippen LogP contribution is -2.24. The predicted octanol–water partition coefficient (Wildman–Crippen LogP) is 5.17. The minimum absolute atomic E-state index is 0.0538. The second-order valence-corrected chi connectivity index (χ2v) is 8.41. The Hall–Kier alpha value is -4.45. The Morgan fingerprint density at radius 3 is 2.24 bits per heavy atom. The summed E-state index contributed by atoms with van der Waals surface area (Å²) in [6.07, 6.45) is 7.59. The number of aliphatic hydroxyl groups excluding tert-OH is 1. The van der Waals surface area contributed by atoms with Gasteiger partial charge in [-0.05, 0) is 53.7 Å². The lowest BCUT2D eigenvalue weighted by Gasteiger charge is -2.25. The van der Waals surface area contributed by atoms with Gasteiger partial charge in [0.2, 0.25) is 5.78 Å². The Morgan fingerprint density at radius 1 is 0.882 bits per heavy atom. The zero-order valence-corrected chi connectivity index (χ0v) is 18.5. The highest BCUT2D eigenvalue weighted by Gasteiger charge is 2.44. The minimum atomic E-state index is -1.11. The van der Waals surface area contributed by atoms with Gasteiger partial charge in [-0.3, -0.25) is 4.79 Å². The van der Waals surface area contributed by atoms with Gasteiger partial charge in [-0.1, -0.05) is 54.6 Å². The molecule has 0 spiro atoms. The van der Waals surface area contributed by atoms with Crippen LogP contribution < -0.4 is 0 Å². The second-order valence-electron chi connectivity index (χ2n) is 8.41. The topological polar surface area (TPSA) is 112 Å². The van der Waals surface area contributed by atoms with Gasteiger partial charge in [0.25, 0.3) is 0 Å². The fourth-order valence-corrected chi connectivity index (χ4v) is 5.24. The number of carbonyl (C=O) groups excluding carboxylic acids is 1. The van der Waals surface area contributed by atoms with Crippen molar-refractivity contribution >= 4 is 23.3 Å². The molecule has 0 atom stereocenters. The molecule has 5 aliphatic carbocycles. The molecule has 5 rings (SSSR count). The standard InChI is InChI=1S/C28H20O6/c1-13-19(15-9-5-3-7-11-17(15)21(13)27(31)32)23-25(29)24(26(23)30)20-14(2)22(28(33)34)18-12-8-4-6-10-16(18)20/h3-11,29H,12H2,1-2H3,(H,31,32)(H,33,34). The van der Waals surface area contributed by atoms with Crippen LogP contribution in [0, 0.1) is 6.92 Å². The summed E-state index contributed by atoms with van der Waals surface area (Å²) in [6.45, 7) is 3.27. The molecule has 0 radical (unpaired) electrons. The van der Waals surface area contributed by atoms with Crippen molar-refractivity contribution in [1.82, 2.24) is 0 Å². The summed E-state index contributed by atoms with van der Waals surface area (Å²) in [6, 6.07) is 8.64. The van der Waals surface area contributed by atoms with Crippen molar-refractivity contribution in [3.8, 4) is 11.1 Å². The summed E-state index contributed by atoms with van der Waals surface area (Å²) in [7, 11) is 0. The maximum absolute atomic E-state index is 13.5. The Kier molecular flexibility index (Phi) is 4.76. The van der Waals surface area contributed by atoms with Gasteiger partial charge in [0, 0.05) is 11.1 Å². The molecular weight excluding hydrogens is 432 g/mol. The van der Waals surface area contributed by atoms with E-state index in [9.17, 15) is 29.7 Å². The summed E-state index contributed by atoms with van der Waals surface area (Å²) in [5.41, 5.74) is 4.21. The molecule has 0 aliphatic heterocycles. The first-order valence-corrected chi connectivity index (χ1v) is 10.7. The molecule has 0 saturated carbocycles. The molecule has 0 aromatic heterocycles. The van der Waals surface area contributed by atoms with Crippen LogP contribution in [0.5, 0.6) is 0 Å². The van der Waals surface area contributed by atoms with Crippen LogP contribution in [0.3, 0.4) is 0 Å². The number of ketones is 1. The third-order valence-corrected chi connectivity index (χ3v) is 6.66. The van der Waals surface area contributed by atoms with Crippen LogP contribution in [0.15, 0.2) is 93.8 Å². The Bertz CT molecular complexity index is 1500. The van der Waals surface area contributed by atoms with Crippen LogP contribution in [-0.4, -0.2) is 33.0 Å². The van der Waals surface area contributed by atoms with Crippen molar-refractivity contribution in [3.05, 3.63) is 111 Å². The predicted molar refractivity (Wildman–Crippen MR) is 127 cm³/mol. The van der Waals surface area contributed by atoms with Gasteiger partial charge >= 0.3 is 11.9 Å². The molecule has 168 valence electrons. The summed E-state index contributed by atoms with van der Waals surface area (Å²) in [5.74, 6) is -2.88. The number of carbonyl (C=O) groups is 3. The van der Waals surface area contributed by atoms with E-state index in [1.54, 1.807) is 56.3 Å². The summed E-state index contributed by atoms with van der Waals surface area (Å²) >= 11 is 0. The first-order chi connectivity index (χ1) is 16.3. The highest BCUT2D eigenvalue weighted by molar-refractivity contribution is 6.41. The highest BCUT2D eigenvalue weighted by Crippen LogP contribution is 2.51. The number of hydrogen-bond donors (Lipinski definition) is 3. The maximum atomic E-state index is 13.5. The number of Topliss-reactive ketones (excluding diaryl/α,β-unsaturated/α-hetero) is 1. The number of aliphatic hydroxyl groups is 1. The van der Waals surface area contributed by atoms with Gasteiger partial charge in [-0.15, -0.1) is 0 Å². The Labute approximate surface area is 195 Å². The van der Waals surface area contributed by atoms with Gasteiger partial charge in [-0.25, -0.2) is 9.59 Å². The van der Waals surface area contributed by atoms with E-state index in [0.717, 1.165) is 0 Å². The maximum Gasteiger partial charge on any atom is 0.336 e. The number of rotatable bonds is 3. The fraction of sp³-hybridized carbons (Fsp3) is 0.107. The SMILES string of the molecule is CC1=C(C(=O)O)C2=C(C=CC=CC2)C1=C1C(=O)C(c2c3cccccc-3c(C(=O)O)c2C)=C1O. The lowest BCUT2D eigenvalue weighted by molar-refractivity contribution is -0.132. The normalized spacial score (nSPS) is 19.6. The van der Waals surface area contributed by atoms with Crippen LogP contribution in [-0.2, 0) is 9.59 Å². The van der Waals surface area contributed by atoms with Crippen molar-refractivity contribution in [1.29, 1.82) is 0 Å². The molecule has 5 aliphatic rings. The molecule has 0 fully saturated rings. The van der Waals surface area contributed by atoms with Crippen LogP contribution in [0.25, 0.3) is 16.7 Å². The molecule has 0 heterocycles. The highest BCUT2D eigenvalue weighted by atomic mass is 16.4. The molecule has 0 amide bonds.